The average Bonchev–Trinajstić information content (AvgIpc) is 1.55. The second kappa shape index (κ2) is 26.6. The summed E-state index contributed by atoms with van der Waals surface area (Å²) < 4.78 is 117. The van der Waals surface area contributed by atoms with Gasteiger partial charge in [0.1, 0.15) is 67.6 Å². The molecule has 7 heterocycles. The monoisotopic (exact) mass is 1400 g/mol. The minimum absolute atomic E-state index is 0.00846. The molecule has 5 aliphatic heterocycles. The summed E-state index contributed by atoms with van der Waals surface area (Å²) in [6.45, 7) is 27.4. The Morgan fingerprint density at radius 1 is 0.753 bits per heavy atom. The first-order valence-corrected chi connectivity index (χ1v) is 36.1. The molecule has 482 valence electrons. The van der Waals surface area contributed by atoms with Crippen molar-refractivity contribution in [2.75, 3.05) is 67.2 Å². The largest absolute Gasteiger partial charge is 0.494 e. The second-order valence-electron chi connectivity index (χ2n) is 26.6. The number of aliphatic imine (C=N–C) groups is 2. The number of carbonyl (C=O) groups excluding carboxylic acids is 1. The van der Waals surface area contributed by atoms with Crippen molar-refractivity contribution in [3.8, 4) is 23.0 Å². The maximum absolute atomic E-state index is 15.8. The van der Waals surface area contributed by atoms with Gasteiger partial charge in [-0.1, -0.05) is 61.4 Å². The molecule has 0 radical (unpaired) electrons. The van der Waals surface area contributed by atoms with Crippen LogP contribution >= 0.6 is 46.1 Å². The van der Waals surface area contributed by atoms with Crippen molar-refractivity contribution in [2.24, 2.45) is 27.6 Å². The molecule has 7 aliphatic rings. The van der Waals surface area contributed by atoms with Crippen LogP contribution in [0.25, 0.3) is 17.7 Å². The average molecular weight is 1400 g/mol. The van der Waals surface area contributed by atoms with Gasteiger partial charge in [0.2, 0.25) is 0 Å². The van der Waals surface area contributed by atoms with Crippen molar-refractivity contribution < 1.29 is 69.6 Å². The number of methoxy groups -OCH3 is 2. The maximum Gasteiger partial charge on any atom is 0.494 e. The van der Waals surface area contributed by atoms with Crippen LogP contribution in [0.15, 0.2) is 75.0 Å². The molecule has 11 rings (SSSR count). The van der Waals surface area contributed by atoms with Gasteiger partial charge in [-0.2, -0.15) is 0 Å². The van der Waals surface area contributed by atoms with Crippen molar-refractivity contribution in [1.29, 1.82) is 0 Å². The fourth-order valence-electron chi connectivity index (χ4n) is 11.3. The van der Waals surface area contributed by atoms with Gasteiger partial charge >= 0.3 is 13.2 Å². The number of aromatic nitrogens is 2. The Morgan fingerprint density at radius 2 is 1.26 bits per heavy atom. The number of amidine groups is 2. The molecule has 6 atom stereocenters. The summed E-state index contributed by atoms with van der Waals surface area (Å²) >= 11 is 4.81. The molecule has 0 unspecified atom stereocenters. The molecule has 0 spiro atoms. The number of halogens is 5. The zero-order chi connectivity index (χ0) is 64.7. The molecule has 89 heavy (non-hydrogen) atoms. The predicted octanol–water partition coefficient (Wildman–Crippen LogP) is 13.1. The second-order valence-corrected chi connectivity index (χ2v) is 35.6. The Labute approximate surface area is 542 Å². The smallest absolute Gasteiger partial charge is 0.486 e. The quantitative estimate of drug-likeness (QED) is 0.0389. The van der Waals surface area contributed by atoms with Crippen molar-refractivity contribution in [3.05, 3.63) is 105 Å². The third-order valence-corrected chi connectivity index (χ3v) is 21.8. The van der Waals surface area contributed by atoms with Gasteiger partial charge < -0.3 is 52.9 Å². The van der Waals surface area contributed by atoms with Crippen LogP contribution in [0, 0.1) is 23.5 Å². The van der Waals surface area contributed by atoms with Crippen LogP contribution < -0.4 is 30.1 Å². The number of carbonyl (C=O) groups is 1. The summed E-state index contributed by atoms with van der Waals surface area (Å²) in [6, 6.07) is 13.5. The fraction of sp³-hybridized carbons (Fsp3) is 0.540. The number of rotatable bonds is 15. The number of fused-ring (bicyclic) bond motifs is 4. The molecule has 17 nitrogen and oxygen atoms in total. The summed E-state index contributed by atoms with van der Waals surface area (Å²) in [4.78, 5) is 32.9. The van der Waals surface area contributed by atoms with Gasteiger partial charge in [0, 0.05) is 68.1 Å². The summed E-state index contributed by atoms with van der Waals surface area (Å²) in [5, 5.41) is 0.848. The molecular weight excluding hydrogens is 1320 g/mol. The number of thioether (sulfide) groups is 2. The van der Waals surface area contributed by atoms with E-state index in [0.717, 1.165) is 24.3 Å². The van der Waals surface area contributed by atoms with Gasteiger partial charge in [-0.05, 0) is 139 Å². The summed E-state index contributed by atoms with van der Waals surface area (Å²) in [7, 11) is 1.32. The summed E-state index contributed by atoms with van der Waals surface area (Å²) in [6.07, 6.45) is 5.27. The van der Waals surface area contributed by atoms with E-state index >= 15 is 8.78 Å². The normalized spacial score (nSPS) is 26.2. The molecular formula is C63H80BF4IN6O11S2Si. The number of benzene rings is 2. The van der Waals surface area contributed by atoms with Crippen LogP contribution in [0.4, 0.5) is 22.4 Å². The van der Waals surface area contributed by atoms with Gasteiger partial charge in [0.15, 0.2) is 39.2 Å². The first-order chi connectivity index (χ1) is 41.8. The summed E-state index contributed by atoms with van der Waals surface area (Å²) in [5.74, 6) is 0.417. The number of hydrogen-bond acceptors (Lipinski definition) is 18. The molecule has 1 amide bonds. The lowest BCUT2D eigenvalue weighted by molar-refractivity contribution is 0.00578. The van der Waals surface area contributed by atoms with Gasteiger partial charge in [-0.25, -0.2) is 37.2 Å². The van der Waals surface area contributed by atoms with E-state index in [2.05, 4.69) is 34.6 Å². The van der Waals surface area contributed by atoms with E-state index in [9.17, 15) is 13.6 Å². The number of nitrogens with two attached hydrogens (primary N) is 1. The Morgan fingerprint density at radius 3 is 1.79 bits per heavy atom. The number of amides is 1. The van der Waals surface area contributed by atoms with Crippen LogP contribution in [0.1, 0.15) is 103 Å². The summed E-state index contributed by atoms with van der Waals surface area (Å²) in [5.41, 5.74) is 4.93. The highest BCUT2D eigenvalue weighted by Crippen LogP contribution is 2.67. The molecule has 2 aromatic heterocycles. The molecule has 2 aliphatic carbocycles. The van der Waals surface area contributed by atoms with Crippen molar-refractivity contribution in [3.63, 3.8) is 0 Å². The molecule has 2 aromatic carbocycles. The lowest BCUT2D eigenvalue weighted by atomic mass is 9.75. The SMILES string of the molecule is COC[C@]12C[C@H]1[C@@](C)(c1cc(/C=C(\F)c3cc4c(cn3)OCCO4)ccc1F)N=C(N)S2.COC[C@]12C[C@H]1[C@@](C)(c1cc(B3OC(C)(C)C(C)(C)O3)ccc1F)N=C(N(COCC[Si](C)(C)C)C(=O)OC(C)(C)C)S2.F/C(=C\I)c1cc2c(cn1)OCCO2. The molecule has 2 N–H and O–H groups in total. The molecule has 1 saturated heterocycles. The highest BCUT2D eigenvalue weighted by Gasteiger charge is 2.68. The third-order valence-electron chi connectivity index (χ3n) is 16.9. The van der Waals surface area contributed by atoms with Crippen LogP contribution in [-0.4, -0.2) is 140 Å². The molecule has 2 saturated carbocycles. The Kier molecular flexibility index (Phi) is 20.4. The van der Waals surface area contributed by atoms with Gasteiger partial charge in [-0.3, -0.25) is 9.98 Å². The van der Waals surface area contributed by atoms with E-state index < -0.39 is 60.8 Å². The number of nitrogens with zero attached hydrogens (tertiary/aromatic N) is 5. The van der Waals surface area contributed by atoms with E-state index in [0.29, 0.717) is 96.3 Å². The Balaban J connectivity index is 0.000000178. The standard InChI is InChI=1S/C31H50BFN2O6SSi.C23H23F2N3O3S.C9H7FINO2/c1-27(2,3)39-26(36)35(20-38-15-16-43(10,11)12)25-34-30(8,24-18-31(24,42-25)19-37-9)22-17-21(13-14-23(22)33)32-40-28(4,5)29(6,7)41-32;1-22(20-10-23(20,12-29-2)32-21(26)28-22)14-7-13(3-4-15(14)24)8-16(25)17-9-18-19(11-27-17)31-6-5-30-18;10-6(4-11)7-3-8-9(5-12-7)14-2-1-13-8/h13-14,17,24H,15-16,18-20H2,1-12H3;3-4,7-9,11,20H,5-6,10,12H2,1-2H3,(H2,26,28);3-5H,1-2H2/b;16-8-;6-4-/t24-,30+,31+;20-,22+,23+;/m00./s1. The first-order valence-electron chi connectivity index (χ1n) is 29.5. The first kappa shape index (κ1) is 68.4. The number of ether oxygens (including phenoxy) is 8. The van der Waals surface area contributed by atoms with E-state index in [1.807, 2.05) is 91.0 Å². The van der Waals surface area contributed by atoms with E-state index in [1.54, 1.807) is 32.4 Å². The topological polar surface area (TPSA) is 189 Å². The van der Waals surface area contributed by atoms with E-state index in [-0.39, 0.29) is 51.1 Å². The number of hydrogen-bond donors (Lipinski definition) is 1. The van der Waals surface area contributed by atoms with Crippen molar-refractivity contribution in [2.45, 2.75) is 138 Å². The van der Waals surface area contributed by atoms with E-state index in [1.165, 1.54) is 75.2 Å². The molecule has 0 bridgehead atoms. The molecule has 4 aromatic rings. The number of pyridine rings is 2. The highest BCUT2D eigenvalue weighted by atomic mass is 127. The maximum atomic E-state index is 15.8. The third kappa shape index (κ3) is 15.3. The Bertz CT molecular complexity index is 3420. The van der Waals surface area contributed by atoms with Crippen molar-refractivity contribution >= 4 is 101 Å². The van der Waals surface area contributed by atoms with E-state index in [4.69, 9.17) is 57.9 Å². The van der Waals surface area contributed by atoms with Crippen molar-refractivity contribution in [1.82, 2.24) is 14.9 Å². The highest BCUT2D eigenvalue weighted by molar-refractivity contribution is 14.1. The van der Waals surface area contributed by atoms with Crippen LogP contribution in [0.5, 0.6) is 23.0 Å². The lowest BCUT2D eigenvalue weighted by Gasteiger charge is -2.38. The van der Waals surface area contributed by atoms with Crippen LogP contribution in [-0.2, 0) is 39.3 Å². The van der Waals surface area contributed by atoms with Crippen LogP contribution in [0.3, 0.4) is 0 Å². The lowest BCUT2D eigenvalue weighted by Crippen LogP contribution is -2.46. The zero-order valence-electron chi connectivity index (χ0n) is 52.9. The minimum atomic E-state index is -1.34. The van der Waals surface area contributed by atoms with Gasteiger partial charge in [-0.15, -0.1) is 0 Å². The zero-order valence-corrected chi connectivity index (χ0v) is 57.7. The van der Waals surface area contributed by atoms with Gasteiger partial charge in [0.25, 0.3) is 0 Å². The molecule has 26 heteroatoms. The fourth-order valence-corrected chi connectivity index (χ4v) is 15.4. The predicted molar refractivity (Wildman–Crippen MR) is 352 cm³/mol. The molecule has 3 fully saturated rings. The minimum Gasteiger partial charge on any atom is -0.486 e. The van der Waals surface area contributed by atoms with Gasteiger partial charge in [0.05, 0.1) is 57.4 Å². The van der Waals surface area contributed by atoms with Crippen LogP contribution in [0.2, 0.25) is 25.7 Å². The Hall–Kier alpha value is -4.94.